The molecule has 26 heteroatoms. The van der Waals surface area contributed by atoms with E-state index < -0.39 is 20.2 Å². The quantitative estimate of drug-likeness (QED) is 0.0244. The van der Waals surface area contributed by atoms with Gasteiger partial charge in [0.2, 0.25) is 0 Å². The lowest BCUT2D eigenvalue weighted by molar-refractivity contribution is 0.00528. The number of aromatic nitrogens is 8. The Hall–Kier alpha value is -7.24. The number of aromatic hydroxyl groups is 1. The molecule has 0 spiro atoms. The number of anilines is 2. The molecule has 4 heterocycles. The number of fused-ring (bicyclic) bond motifs is 2. The normalized spacial score (nSPS) is 11.6. The summed E-state index contributed by atoms with van der Waals surface area (Å²) in [6, 6.07) is 27.6. The molecule has 0 aliphatic heterocycles. The number of nitrogens with two attached hydrogens (primary N) is 2. The van der Waals surface area contributed by atoms with Gasteiger partial charge in [0.25, 0.3) is 20.2 Å². The molecule has 4 aromatic heterocycles. The van der Waals surface area contributed by atoms with E-state index in [0.717, 1.165) is 113 Å². The van der Waals surface area contributed by atoms with Gasteiger partial charge < -0.3 is 49.7 Å². The zero-order valence-corrected chi connectivity index (χ0v) is 51.9. The highest BCUT2D eigenvalue weighted by Gasteiger charge is 2.20. The second-order valence-electron chi connectivity index (χ2n) is 19.5. The monoisotopic (exact) mass is 1240 g/mol. The summed E-state index contributed by atoms with van der Waals surface area (Å²) in [6.45, 7) is 16.9. The lowest BCUT2D eigenvalue weighted by Crippen LogP contribution is -2.15. The van der Waals surface area contributed by atoms with Gasteiger partial charge in [-0.25, -0.2) is 29.3 Å². The minimum atomic E-state index is -3.78. The number of nitrogens with zero attached hydrogens (tertiary/aromatic N) is 8. The summed E-state index contributed by atoms with van der Waals surface area (Å²) in [5.74, 6) is 1.77. The molecule has 0 aliphatic carbocycles. The summed E-state index contributed by atoms with van der Waals surface area (Å²) in [7, 11) is -7.50. The van der Waals surface area contributed by atoms with E-state index in [-0.39, 0.29) is 42.0 Å². The second kappa shape index (κ2) is 36.8. The number of ether oxygens (including phenoxy) is 7. The van der Waals surface area contributed by atoms with Crippen molar-refractivity contribution in [3.63, 3.8) is 0 Å². The summed E-state index contributed by atoms with van der Waals surface area (Å²) in [4.78, 5) is 17.2. The van der Waals surface area contributed by atoms with Gasteiger partial charge in [-0.3, -0.25) is 8.37 Å². The molecule has 472 valence electrons. The summed E-state index contributed by atoms with van der Waals surface area (Å²) in [5.41, 5.74) is 18.9. The van der Waals surface area contributed by atoms with Crippen LogP contribution in [0.2, 0.25) is 0 Å². The van der Waals surface area contributed by atoms with Crippen LogP contribution < -0.4 is 16.2 Å². The number of phenolic OH excluding ortho intramolecular Hbond substituents is 1. The van der Waals surface area contributed by atoms with Crippen LogP contribution in [0.5, 0.6) is 11.5 Å². The Kier molecular flexibility index (Phi) is 29.1. The zero-order chi connectivity index (χ0) is 62.3. The summed E-state index contributed by atoms with van der Waals surface area (Å²) in [6.07, 6.45) is 8.08. The predicted octanol–water partition coefficient (Wildman–Crippen LogP) is 8.76. The lowest BCUT2D eigenvalue weighted by Gasteiger charge is -2.09. The van der Waals surface area contributed by atoms with Crippen LogP contribution in [0.25, 0.3) is 44.6 Å². The molecule has 0 amide bonds. The van der Waals surface area contributed by atoms with Crippen molar-refractivity contribution < 1.29 is 63.5 Å². The SMILES string of the molecule is CCCCn1nc(-c2ccc(O)cc2)c2c(N)ncnc21.CCCCn1nc(-c2ccc(OCCOCCOCCOCCOS(=O)(=O)c3ccc(C)cc3)cc2)c2c(N)ncnc21.CCCOCCOCCOCCOS(=O)(=O)c1ccc(C)cc1. The van der Waals surface area contributed by atoms with Crippen LogP contribution in [0, 0.1) is 13.8 Å². The number of benzene rings is 4. The van der Waals surface area contributed by atoms with Gasteiger partial charge >= 0.3 is 0 Å². The lowest BCUT2D eigenvalue weighted by atomic mass is 10.1. The smallest absolute Gasteiger partial charge is 0.297 e. The topological polar surface area (TPSA) is 311 Å². The minimum Gasteiger partial charge on any atom is -0.508 e. The first-order valence-corrected chi connectivity index (χ1v) is 31.8. The zero-order valence-electron chi connectivity index (χ0n) is 50.3. The average Bonchev–Trinajstić information content (AvgIpc) is 1.91. The van der Waals surface area contributed by atoms with Gasteiger partial charge in [0.15, 0.2) is 11.3 Å². The largest absolute Gasteiger partial charge is 0.508 e. The van der Waals surface area contributed by atoms with Crippen molar-refractivity contribution in [3.8, 4) is 34.0 Å². The van der Waals surface area contributed by atoms with E-state index in [1.165, 1.54) is 36.9 Å². The van der Waals surface area contributed by atoms with Crippen molar-refractivity contribution >= 4 is 53.9 Å². The Morgan fingerprint density at radius 1 is 0.437 bits per heavy atom. The van der Waals surface area contributed by atoms with Gasteiger partial charge in [-0.2, -0.15) is 27.0 Å². The molecule has 0 saturated heterocycles. The van der Waals surface area contributed by atoms with Crippen LogP contribution in [0.1, 0.15) is 64.0 Å². The van der Waals surface area contributed by atoms with E-state index in [9.17, 15) is 21.9 Å². The molecular formula is C61H82N10O14S2. The van der Waals surface area contributed by atoms with Crippen LogP contribution in [0.15, 0.2) is 120 Å². The van der Waals surface area contributed by atoms with Crippen LogP contribution in [0.3, 0.4) is 0 Å². The minimum absolute atomic E-state index is 0.0180. The van der Waals surface area contributed by atoms with Gasteiger partial charge in [0.05, 0.1) is 106 Å². The fourth-order valence-corrected chi connectivity index (χ4v) is 9.90. The fourth-order valence-electron chi connectivity index (χ4n) is 8.12. The van der Waals surface area contributed by atoms with Crippen LogP contribution in [-0.4, -0.2) is 161 Å². The first-order valence-electron chi connectivity index (χ1n) is 29.0. The number of hydrogen-bond acceptors (Lipinski definition) is 22. The number of aryl methyl sites for hydroxylation is 4. The molecule has 0 aliphatic rings. The number of unbranched alkanes of at least 4 members (excludes halogenated alkanes) is 2. The van der Waals surface area contributed by atoms with E-state index in [1.807, 2.05) is 59.6 Å². The maximum atomic E-state index is 12.1. The molecule has 8 rings (SSSR count). The maximum Gasteiger partial charge on any atom is 0.297 e. The number of nitrogen functional groups attached to an aromatic ring is 2. The number of hydrogen-bond donors (Lipinski definition) is 3. The molecule has 87 heavy (non-hydrogen) atoms. The molecule has 0 fully saturated rings. The van der Waals surface area contributed by atoms with Crippen molar-refractivity contribution in [1.29, 1.82) is 0 Å². The van der Waals surface area contributed by atoms with Gasteiger partial charge in [-0.1, -0.05) is 69.0 Å². The van der Waals surface area contributed by atoms with Crippen molar-refractivity contribution in [2.24, 2.45) is 0 Å². The highest BCUT2D eigenvalue weighted by Crippen LogP contribution is 2.33. The third-order valence-corrected chi connectivity index (χ3v) is 15.4. The van der Waals surface area contributed by atoms with E-state index in [0.29, 0.717) is 77.7 Å². The molecule has 0 saturated carbocycles. The molecule has 8 aromatic rings. The van der Waals surface area contributed by atoms with Gasteiger partial charge in [-0.05, 0) is 106 Å². The van der Waals surface area contributed by atoms with Crippen LogP contribution in [-0.2, 0) is 70.1 Å². The van der Waals surface area contributed by atoms with E-state index in [4.69, 9.17) is 58.1 Å². The Labute approximate surface area is 509 Å². The van der Waals surface area contributed by atoms with Gasteiger partial charge in [-0.15, -0.1) is 0 Å². The molecule has 5 N–H and O–H groups in total. The maximum absolute atomic E-state index is 12.1. The molecule has 24 nitrogen and oxygen atoms in total. The predicted molar refractivity (Wildman–Crippen MR) is 331 cm³/mol. The summed E-state index contributed by atoms with van der Waals surface area (Å²) in [5, 5.41) is 20.3. The van der Waals surface area contributed by atoms with E-state index >= 15 is 0 Å². The highest BCUT2D eigenvalue weighted by molar-refractivity contribution is 7.87. The van der Waals surface area contributed by atoms with Crippen molar-refractivity contribution in [3.05, 3.63) is 121 Å². The Bertz CT molecular complexity index is 3500. The standard InChI is InChI=1S/C30H39N5O7S.C16H26O6S.C15H17N5O/c1-3-4-13-35-30-27(29(31)32-22-33-30)28(34-35)24-7-9-25(10-8-24)41-20-18-39-16-14-38-15-17-40-19-21-42-43(36,37)26-11-5-23(2)6-12-26;1-3-8-19-9-10-20-11-12-21-13-14-22-23(17,18)16-6-4-15(2)5-7-16;1-2-3-8-20-15-12(14(16)17-9-18-15)13(19-20)10-4-6-11(21)7-5-10/h5-12,22H,3-4,13-21H2,1-2H3,(H2,31,32,33);4-7H,3,8-14H2,1-2H3;4-7,9,21H,2-3,8H2,1H3,(H2,16,17,18). The average molecular weight is 1240 g/mol. The Morgan fingerprint density at radius 2 is 0.793 bits per heavy atom. The molecule has 0 unspecified atom stereocenters. The van der Waals surface area contributed by atoms with E-state index in [2.05, 4.69) is 45.8 Å². The van der Waals surface area contributed by atoms with Crippen LogP contribution >= 0.6 is 0 Å². The van der Waals surface area contributed by atoms with E-state index in [1.54, 1.807) is 36.4 Å². The number of phenols is 1. The van der Waals surface area contributed by atoms with Gasteiger partial charge in [0, 0.05) is 30.8 Å². The Morgan fingerprint density at radius 3 is 1.17 bits per heavy atom. The fraction of sp³-hybridized carbons (Fsp3) is 0.443. The molecule has 0 bridgehead atoms. The van der Waals surface area contributed by atoms with Crippen LogP contribution in [0.4, 0.5) is 11.6 Å². The van der Waals surface area contributed by atoms with Gasteiger partial charge in [0.1, 0.15) is 53.8 Å². The van der Waals surface area contributed by atoms with Crippen molar-refractivity contribution in [2.45, 2.75) is 89.6 Å². The first kappa shape index (κ1) is 68.9. The molecule has 0 radical (unpaired) electrons. The highest BCUT2D eigenvalue weighted by atomic mass is 32.2. The summed E-state index contributed by atoms with van der Waals surface area (Å²) >= 11 is 0. The summed E-state index contributed by atoms with van der Waals surface area (Å²) < 4.78 is 99.7. The third-order valence-electron chi connectivity index (χ3n) is 12.7. The Balaban J connectivity index is 0.000000230. The number of rotatable bonds is 36. The molecule has 0 atom stereocenters. The molecule has 4 aromatic carbocycles. The molecular weight excluding hydrogens is 1160 g/mol. The third kappa shape index (κ3) is 22.5. The van der Waals surface area contributed by atoms with Crippen molar-refractivity contribution in [1.82, 2.24) is 39.5 Å². The second-order valence-corrected chi connectivity index (χ2v) is 22.8. The van der Waals surface area contributed by atoms with Crippen molar-refractivity contribution in [2.75, 3.05) is 111 Å². The first-order chi connectivity index (χ1) is 42.1.